The van der Waals surface area contributed by atoms with Crippen LogP contribution in [0.5, 0.6) is 0 Å². The van der Waals surface area contributed by atoms with Crippen LogP contribution < -0.4 is 9.80 Å². The van der Waals surface area contributed by atoms with Crippen molar-refractivity contribution in [2.75, 3.05) is 36.0 Å². The van der Waals surface area contributed by atoms with Crippen LogP contribution in [-0.2, 0) is 0 Å². The maximum Gasteiger partial charge on any atom is 0.132 e. The normalized spacial score (nSPS) is 14.9. The SMILES string of the molecule is Cc1cc(N2CCN(c3ccncn3)CC2)ccc1C#N. The van der Waals surface area contributed by atoms with Crippen LogP contribution in [0.4, 0.5) is 11.5 Å². The lowest BCUT2D eigenvalue weighted by Crippen LogP contribution is -2.46. The molecule has 1 aromatic carbocycles. The largest absolute Gasteiger partial charge is 0.368 e. The summed E-state index contributed by atoms with van der Waals surface area (Å²) < 4.78 is 0. The zero-order valence-corrected chi connectivity index (χ0v) is 12.0. The summed E-state index contributed by atoms with van der Waals surface area (Å²) >= 11 is 0. The molecule has 1 fully saturated rings. The third-order valence-corrected chi connectivity index (χ3v) is 3.87. The Kier molecular flexibility index (Phi) is 3.69. The molecule has 0 atom stereocenters. The number of nitrogens with zero attached hydrogens (tertiary/aromatic N) is 5. The van der Waals surface area contributed by atoms with Crippen molar-refractivity contribution < 1.29 is 0 Å². The van der Waals surface area contributed by atoms with Crippen LogP contribution >= 0.6 is 0 Å². The van der Waals surface area contributed by atoms with E-state index in [4.69, 9.17) is 5.26 Å². The number of hydrogen-bond acceptors (Lipinski definition) is 5. The van der Waals surface area contributed by atoms with Gasteiger partial charge in [-0.05, 0) is 36.8 Å². The van der Waals surface area contributed by atoms with Crippen molar-refractivity contribution >= 4 is 11.5 Å². The van der Waals surface area contributed by atoms with Gasteiger partial charge < -0.3 is 9.80 Å². The van der Waals surface area contributed by atoms with Crippen molar-refractivity contribution in [2.24, 2.45) is 0 Å². The molecular formula is C16H17N5. The van der Waals surface area contributed by atoms with Gasteiger partial charge in [-0.15, -0.1) is 0 Å². The second kappa shape index (κ2) is 5.80. The molecule has 0 saturated carbocycles. The first-order valence-corrected chi connectivity index (χ1v) is 7.04. The van der Waals surface area contributed by atoms with Crippen LogP contribution in [-0.4, -0.2) is 36.1 Å². The van der Waals surface area contributed by atoms with Gasteiger partial charge in [0.25, 0.3) is 0 Å². The molecule has 21 heavy (non-hydrogen) atoms. The molecular weight excluding hydrogens is 262 g/mol. The number of aryl methyl sites for hydroxylation is 1. The molecule has 0 N–H and O–H groups in total. The fourth-order valence-corrected chi connectivity index (χ4v) is 2.63. The molecule has 0 amide bonds. The number of piperazine rings is 1. The lowest BCUT2D eigenvalue weighted by molar-refractivity contribution is 0.646. The summed E-state index contributed by atoms with van der Waals surface area (Å²) in [6.45, 7) is 5.77. The maximum absolute atomic E-state index is 9.00. The van der Waals surface area contributed by atoms with E-state index in [0.29, 0.717) is 0 Å². The standard InChI is InChI=1S/C16H17N5/c1-13-10-15(3-2-14(13)11-17)20-6-8-21(9-7-20)16-4-5-18-12-19-16/h2-5,10,12H,6-9H2,1H3. The van der Waals surface area contributed by atoms with Gasteiger partial charge in [0.05, 0.1) is 11.6 Å². The molecule has 0 bridgehead atoms. The molecule has 1 aliphatic heterocycles. The van der Waals surface area contributed by atoms with Gasteiger partial charge >= 0.3 is 0 Å². The van der Waals surface area contributed by atoms with E-state index in [1.807, 2.05) is 25.1 Å². The fraction of sp³-hybridized carbons (Fsp3) is 0.312. The minimum atomic E-state index is 0.748. The lowest BCUT2D eigenvalue weighted by Gasteiger charge is -2.36. The first-order chi connectivity index (χ1) is 10.3. The smallest absolute Gasteiger partial charge is 0.132 e. The number of aromatic nitrogens is 2. The highest BCUT2D eigenvalue weighted by Crippen LogP contribution is 2.21. The quantitative estimate of drug-likeness (QED) is 0.841. The third-order valence-electron chi connectivity index (χ3n) is 3.87. The van der Waals surface area contributed by atoms with Gasteiger partial charge in [-0.2, -0.15) is 5.26 Å². The monoisotopic (exact) mass is 279 g/mol. The molecule has 0 spiro atoms. The number of nitriles is 1. The Morgan fingerprint density at radius 2 is 1.86 bits per heavy atom. The van der Waals surface area contributed by atoms with Crippen molar-refractivity contribution in [1.82, 2.24) is 9.97 Å². The molecule has 5 heteroatoms. The Morgan fingerprint density at radius 1 is 1.10 bits per heavy atom. The van der Waals surface area contributed by atoms with Crippen LogP contribution in [0.15, 0.2) is 36.8 Å². The summed E-state index contributed by atoms with van der Waals surface area (Å²) in [5.74, 6) is 0.987. The topological polar surface area (TPSA) is 56.1 Å². The molecule has 106 valence electrons. The van der Waals surface area contributed by atoms with Gasteiger partial charge in [0.2, 0.25) is 0 Å². The summed E-state index contributed by atoms with van der Waals surface area (Å²) in [6, 6.07) is 10.2. The van der Waals surface area contributed by atoms with Crippen LogP contribution in [0.1, 0.15) is 11.1 Å². The van der Waals surface area contributed by atoms with E-state index < -0.39 is 0 Å². The average Bonchev–Trinajstić information content (AvgIpc) is 2.56. The van der Waals surface area contributed by atoms with Crippen molar-refractivity contribution in [3.05, 3.63) is 47.9 Å². The molecule has 5 nitrogen and oxygen atoms in total. The Hall–Kier alpha value is -2.61. The molecule has 1 saturated heterocycles. The predicted molar refractivity (Wildman–Crippen MR) is 82.4 cm³/mol. The summed E-state index contributed by atoms with van der Waals surface area (Å²) in [6.07, 6.45) is 3.37. The first kappa shape index (κ1) is 13.4. The third kappa shape index (κ3) is 2.79. The lowest BCUT2D eigenvalue weighted by atomic mass is 10.1. The van der Waals surface area contributed by atoms with Crippen molar-refractivity contribution in [3.8, 4) is 6.07 Å². The highest BCUT2D eigenvalue weighted by Gasteiger charge is 2.18. The van der Waals surface area contributed by atoms with Gasteiger partial charge in [0, 0.05) is 38.1 Å². The Bertz CT molecular complexity index is 654. The molecule has 0 radical (unpaired) electrons. The van der Waals surface area contributed by atoms with Gasteiger partial charge in [0.15, 0.2) is 0 Å². The summed E-state index contributed by atoms with van der Waals surface area (Å²) in [5, 5.41) is 9.00. The molecule has 0 unspecified atom stereocenters. The van der Waals surface area contributed by atoms with E-state index in [-0.39, 0.29) is 0 Å². The van der Waals surface area contributed by atoms with Crippen molar-refractivity contribution in [2.45, 2.75) is 6.92 Å². The van der Waals surface area contributed by atoms with Crippen LogP contribution in [0.25, 0.3) is 0 Å². The molecule has 2 aromatic rings. The highest BCUT2D eigenvalue weighted by atomic mass is 15.3. The molecule has 0 aliphatic carbocycles. The van der Waals surface area contributed by atoms with Crippen molar-refractivity contribution in [1.29, 1.82) is 5.26 Å². The highest BCUT2D eigenvalue weighted by molar-refractivity contribution is 5.54. The number of benzene rings is 1. The van der Waals surface area contributed by atoms with Gasteiger partial charge in [0.1, 0.15) is 12.1 Å². The van der Waals surface area contributed by atoms with Gasteiger partial charge in [-0.25, -0.2) is 9.97 Å². The number of anilines is 2. The van der Waals surface area contributed by atoms with Crippen molar-refractivity contribution in [3.63, 3.8) is 0 Å². The Morgan fingerprint density at radius 3 is 2.48 bits per heavy atom. The molecule has 1 aromatic heterocycles. The summed E-state index contributed by atoms with van der Waals surface area (Å²) in [7, 11) is 0. The van der Waals surface area contributed by atoms with E-state index in [2.05, 4.69) is 31.9 Å². The number of hydrogen-bond donors (Lipinski definition) is 0. The van der Waals surface area contributed by atoms with Gasteiger partial charge in [-0.3, -0.25) is 0 Å². The molecule has 3 rings (SSSR count). The first-order valence-electron chi connectivity index (χ1n) is 7.04. The van der Waals surface area contributed by atoms with E-state index in [0.717, 1.165) is 43.1 Å². The second-order valence-electron chi connectivity index (χ2n) is 5.15. The summed E-state index contributed by atoms with van der Waals surface area (Å²) in [4.78, 5) is 12.9. The summed E-state index contributed by atoms with van der Waals surface area (Å²) in [5.41, 5.74) is 2.97. The molecule has 1 aliphatic rings. The fourth-order valence-electron chi connectivity index (χ4n) is 2.63. The van der Waals surface area contributed by atoms with E-state index in [9.17, 15) is 0 Å². The van der Waals surface area contributed by atoms with E-state index in [1.165, 1.54) is 5.69 Å². The maximum atomic E-state index is 9.00. The van der Waals surface area contributed by atoms with E-state index >= 15 is 0 Å². The Balaban J connectivity index is 1.69. The zero-order chi connectivity index (χ0) is 14.7. The van der Waals surface area contributed by atoms with Crippen LogP contribution in [0.2, 0.25) is 0 Å². The zero-order valence-electron chi connectivity index (χ0n) is 12.0. The van der Waals surface area contributed by atoms with Gasteiger partial charge in [-0.1, -0.05) is 0 Å². The minimum absolute atomic E-state index is 0.748. The predicted octanol–water partition coefficient (Wildman–Crippen LogP) is 1.98. The van der Waals surface area contributed by atoms with Crippen LogP contribution in [0, 0.1) is 18.3 Å². The number of rotatable bonds is 2. The average molecular weight is 279 g/mol. The van der Waals surface area contributed by atoms with Crippen LogP contribution in [0.3, 0.4) is 0 Å². The minimum Gasteiger partial charge on any atom is -0.368 e. The Labute approximate surface area is 124 Å². The molecule has 2 heterocycles. The van der Waals surface area contributed by atoms with E-state index in [1.54, 1.807) is 12.5 Å². The second-order valence-corrected chi connectivity index (χ2v) is 5.15.